The topological polar surface area (TPSA) is 111 Å². The number of carbonyl (C=O) groups is 2. The molecule has 1 amide bonds. The normalized spacial score (nSPS) is 11.7. The SMILES string of the molecule is CNc1nc2sc(NC(=O)C(C)(C)OC(C)=O)nc2c2c1ncn2C. The smallest absolute Gasteiger partial charge is 0.303 e. The molecule has 0 aromatic carbocycles. The van der Waals surface area contributed by atoms with Gasteiger partial charge in [-0.3, -0.25) is 14.9 Å². The molecule has 2 N–H and O–H groups in total. The number of thiazole rings is 1. The minimum atomic E-state index is -1.30. The lowest BCUT2D eigenvalue weighted by molar-refractivity contribution is -0.160. The van der Waals surface area contributed by atoms with Crippen molar-refractivity contribution in [2.45, 2.75) is 26.4 Å². The first kappa shape index (κ1) is 17.1. The molecule has 0 aliphatic heterocycles. The molecule has 0 bridgehead atoms. The summed E-state index contributed by atoms with van der Waals surface area (Å²) in [6.45, 7) is 4.30. The Labute approximate surface area is 147 Å². The van der Waals surface area contributed by atoms with E-state index in [2.05, 4.69) is 25.6 Å². The van der Waals surface area contributed by atoms with Crippen molar-refractivity contribution in [2.24, 2.45) is 7.05 Å². The van der Waals surface area contributed by atoms with Gasteiger partial charge in [-0.05, 0) is 13.8 Å². The van der Waals surface area contributed by atoms with Crippen molar-refractivity contribution in [3.63, 3.8) is 0 Å². The summed E-state index contributed by atoms with van der Waals surface area (Å²) in [4.78, 5) is 37.5. The number of anilines is 2. The molecule has 0 unspecified atom stereocenters. The third kappa shape index (κ3) is 3.00. The van der Waals surface area contributed by atoms with E-state index in [1.54, 1.807) is 13.4 Å². The van der Waals surface area contributed by atoms with Crippen LogP contribution in [0.15, 0.2) is 6.33 Å². The average molecular weight is 362 g/mol. The predicted molar refractivity (Wildman–Crippen MR) is 95.7 cm³/mol. The quantitative estimate of drug-likeness (QED) is 0.682. The summed E-state index contributed by atoms with van der Waals surface area (Å²) in [5.41, 5.74) is 0.889. The van der Waals surface area contributed by atoms with Gasteiger partial charge >= 0.3 is 5.97 Å². The first-order chi connectivity index (χ1) is 11.7. The molecule has 0 fully saturated rings. The number of aromatic nitrogens is 4. The summed E-state index contributed by atoms with van der Waals surface area (Å²) < 4.78 is 6.90. The highest BCUT2D eigenvalue weighted by Gasteiger charge is 2.32. The van der Waals surface area contributed by atoms with Crippen LogP contribution >= 0.6 is 11.3 Å². The number of esters is 1. The maximum Gasteiger partial charge on any atom is 0.303 e. The van der Waals surface area contributed by atoms with E-state index in [1.807, 2.05) is 11.6 Å². The number of ether oxygens (including phenoxy) is 1. The highest BCUT2D eigenvalue weighted by molar-refractivity contribution is 7.22. The molecule has 0 saturated carbocycles. The molecule has 25 heavy (non-hydrogen) atoms. The number of nitrogens with zero attached hydrogens (tertiary/aromatic N) is 4. The number of aryl methyl sites for hydroxylation is 1. The summed E-state index contributed by atoms with van der Waals surface area (Å²) >= 11 is 1.24. The molecule has 3 rings (SSSR count). The molecule has 0 atom stereocenters. The fourth-order valence-electron chi connectivity index (χ4n) is 2.46. The second-order valence-electron chi connectivity index (χ2n) is 5.99. The van der Waals surface area contributed by atoms with Crippen molar-refractivity contribution in [1.82, 2.24) is 19.5 Å². The van der Waals surface area contributed by atoms with Crippen LogP contribution in [-0.2, 0) is 21.4 Å². The molecule has 0 radical (unpaired) electrons. The van der Waals surface area contributed by atoms with Gasteiger partial charge in [0.05, 0.1) is 6.33 Å². The molecule has 0 aliphatic carbocycles. The van der Waals surface area contributed by atoms with Crippen LogP contribution in [0, 0.1) is 0 Å². The van der Waals surface area contributed by atoms with Crippen LogP contribution in [0.2, 0.25) is 0 Å². The van der Waals surface area contributed by atoms with Gasteiger partial charge in [0.1, 0.15) is 21.4 Å². The molecular weight excluding hydrogens is 344 g/mol. The van der Waals surface area contributed by atoms with Crippen LogP contribution < -0.4 is 10.6 Å². The molecule has 3 aromatic heterocycles. The maximum absolute atomic E-state index is 12.4. The largest absolute Gasteiger partial charge is 0.450 e. The lowest BCUT2D eigenvalue weighted by atomic mass is 10.1. The molecule has 3 heterocycles. The van der Waals surface area contributed by atoms with Gasteiger partial charge in [0.2, 0.25) is 0 Å². The summed E-state index contributed by atoms with van der Waals surface area (Å²) in [6, 6.07) is 0. The summed E-state index contributed by atoms with van der Waals surface area (Å²) in [5, 5.41) is 6.09. The summed E-state index contributed by atoms with van der Waals surface area (Å²) in [7, 11) is 3.64. The number of carbonyl (C=O) groups excluding carboxylic acids is 2. The lowest BCUT2D eigenvalue weighted by Crippen LogP contribution is -2.41. The molecule has 0 spiro atoms. The molecule has 10 heteroatoms. The molecule has 132 valence electrons. The van der Waals surface area contributed by atoms with Gasteiger partial charge < -0.3 is 14.6 Å². The number of fused-ring (bicyclic) bond motifs is 3. The van der Waals surface area contributed by atoms with Crippen molar-refractivity contribution in [2.75, 3.05) is 17.7 Å². The monoisotopic (exact) mass is 362 g/mol. The fourth-order valence-corrected chi connectivity index (χ4v) is 3.30. The van der Waals surface area contributed by atoms with Gasteiger partial charge in [-0.2, -0.15) is 0 Å². The molecule has 3 aromatic rings. The van der Waals surface area contributed by atoms with E-state index in [-0.39, 0.29) is 0 Å². The number of pyridine rings is 1. The van der Waals surface area contributed by atoms with E-state index in [1.165, 1.54) is 32.1 Å². The second kappa shape index (κ2) is 5.96. The Hall–Kier alpha value is -2.75. The molecule has 0 saturated heterocycles. The van der Waals surface area contributed by atoms with Gasteiger partial charge in [-0.1, -0.05) is 11.3 Å². The van der Waals surface area contributed by atoms with Crippen molar-refractivity contribution in [1.29, 1.82) is 0 Å². The lowest BCUT2D eigenvalue weighted by Gasteiger charge is -2.22. The Morgan fingerprint density at radius 2 is 2.00 bits per heavy atom. The average Bonchev–Trinajstić information content (AvgIpc) is 3.08. The van der Waals surface area contributed by atoms with Crippen LogP contribution in [0.1, 0.15) is 20.8 Å². The third-order valence-corrected chi connectivity index (χ3v) is 4.48. The Balaban J connectivity index is 2.02. The van der Waals surface area contributed by atoms with E-state index >= 15 is 0 Å². The number of nitrogens with one attached hydrogen (secondary N) is 2. The number of hydrogen-bond acceptors (Lipinski definition) is 8. The first-order valence-electron chi connectivity index (χ1n) is 7.53. The highest BCUT2D eigenvalue weighted by atomic mass is 32.1. The Kier molecular flexibility index (Phi) is 4.07. The van der Waals surface area contributed by atoms with Gasteiger partial charge in [-0.15, -0.1) is 0 Å². The van der Waals surface area contributed by atoms with E-state index in [0.29, 0.717) is 26.8 Å². The zero-order valence-electron chi connectivity index (χ0n) is 14.5. The van der Waals surface area contributed by atoms with Crippen molar-refractivity contribution in [3.05, 3.63) is 6.33 Å². The Bertz CT molecular complexity index is 990. The van der Waals surface area contributed by atoms with Gasteiger partial charge in [0, 0.05) is 21.0 Å². The predicted octanol–water partition coefficient (Wildman–Crippen LogP) is 1.90. The number of hydrogen-bond donors (Lipinski definition) is 2. The molecular formula is C15H18N6O3S. The number of amides is 1. The zero-order chi connectivity index (χ0) is 18.4. The van der Waals surface area contributed by atoms with Gasteiger partial charge in [0.15, 0.2) is 16.6 Å². The van der Waals surface area contributed by atoms with E-state index in [9.17, 15) is 9.59 Å². The number of rotatable bonds is 4. The Morgan fingerprint density at radius 1 is 1.28 bits per heavy atom. The zero-order valence-corrected chi connectivity index (χ0v) is 15.3. The van der Waals surface area contributed by atoms with Crippen molar-refractivity contribution >= 4 is 55.5 Å². The second-order valence-corrected chi connectivity index (χ2v) is 6.97. The number of imidazole rings is 1. The summed E-state index contributed by atoms with van der Waals surface area (Å²) in [5.74, 6) is -0.344. The van der Waals surface area contributed by atoms with Crippen LogP contribution in [0.4, 0.5) is 10.9 Å². The minimum absolute atomic E-state index is 0.378. The Morgan fingerprint density at radius 3 is 2.64 bits per heavy atom. The van der Waals surface area contributed by atoms with Crippen LogP contribution in [0.3, 0.4) is 0 Å². The van der Waals surface area contributed by atoms with E-state index in [4.69, 9.17) is 4.74 Å². The first-order valence-corrected chi connectivity index (χ1v) is 8.35. The van der Waals surface area contributed by atoms with E-state index in [0.717, 1.165) is 5.52 Å². The minimum Gasteiger partial charge on any atom is -0.450 e. The maximum atomic E-state index is 12.4. The standard InChI is InChI=1S/C15H18N6O3S/c1-7(22)24-15(2,3)13(23)20-14-18-9-10-8(17-6-21(10)5)11(16-4)19-12(9)25-14/h6H,1-5H3,(H,16,19)(H,18,20,23). The highest BCUT2D eigenvalue weighted by Crippen LogP contribution is 2.33. The third-order valence-electron chi connectivity index (χ3n) is 3.61. The van der Waals surface area contributed by atoms with Gasteiger partial charge in [-0.25, -0.2) is 15.0 Å². The fraction of sp³-hybridized carbons (Fsp3) is 0.400. The summed E-state index contributed by atoms with van der Waals surface area (Å²) in [6.07, 6.45) is 1.69. The van der Waals surface area contributed by atoms with Crippen molar-refractivity contribution in [3.8, 4) is 0 Å². The molecule has 0 aliphatic rings. The van der Waals surface area contributed by atoms with Gasteiger partial charge in [0.25, 0.3) is 5.91 Å². The van der Waals surface area contributed by atoms with Crippen LogP contribution in [-0.4, -0.2) is 44.0 Å². The van der Waals surface area contributed by atoms with Crippen LogP contribution in [0.25, 0.3) is 21.4 Å². The van der Waals surface area contributed by atoms with Crippen LogP contribution in [0.5, 0.6) is 0 Å². The van der Waals surface area contributed by atoms with Crippen molar-refractivity contribution < 1.29 is 14.3 Å². The molecule has 9 nitrogen and oxygen atoms in total. The van der Waals surface area contributed by atoms with E-state index < -0.39 is 17.5 Å².